The van der Waals surface area contributed by atoms with Crippen molar-refractivity contribution in [2.24, 2.45) is 0 Å². The number of carboxylic acid groups (broad SMARTS) is 1. The Kier molecular flexibility index (Phi) is 9.35. The maximum Gasteiger partial charge on any atom is 0.337 e. The molecule has 0 unspecified atom stereocenters. The lowest BCUT2D eigenvalue weighted by Crippen LogP contribution is -2.18. The fourth-order valence-electron chi connectivity index (χ4n) is 1.85. The molecule has 0 atom stereocenters. The highest BCUT2D eigenvalue weighted by Gasteiger charge is 2.31. The molecular weight excluding hydrogens is 299 g/mol. The number of rotatable bonds is 5. The van der Waals surface area contributed by atoms with Gasteiger partial charge in [0.05, 0.1) is 37.0 Å². The van der Waals surface area contributed by atoms with Crippen molar-refractivity contribution in [2.45, 2.75) is 20.8 Å². The third-order valence-corrected chi connectivity index (χ3v) is 5.73. The molecule has 4 nitrogen and oxygen atoms in total. The molecule has 0 saturated heterocycles. The van der Waals surface area contributed by atoms with Gasteiger partial charge in [-0.3, -0.25) is 0 Å². The summed E-state index contributed by atoms with van der Waals surface area (Å²) in [5.74, 6) is -1.26. The van der Waals surface area contributed by atoms with Crippen LogP contribution in [-0.2, 0) is 14.3 Å². The molecule has 1 aromatic rings. The number of carboxylic acids is 1. The lowest BCUT2D eigenvalue weighted by Gasteiger charge is -2.19. The first-order valence-electron chi connectivity index (χ1n) is 7.13. The highest BCUT2D eigenvalue weighted by Crippen LogP contribution is 2.51. The van der Waals surface area contributed by atoms with E-state index in [-0.39, 0.29) is 5.97 Å². The number of ether oxygens (including phenoxy) is 1. The van der Waals surface area contributed by atoms with Crippen LogP contribution in [0.2, 0.25) is 0 Å². The molecule has 122 valence electrons. The first kappa shape index (κ1) is 20.3. The van der Waals surface area contributed by atoms with Crippen LogP contribution >= 0.6 is 7.26 Å². The number of aliphatic carboxylic acids is 1. The van der Waals surface area contributed by atoms with Gasteiger partial charge in [0.2, 0.25) is 0 Å². The smallest absolute Gasteiger partial charge is 0.337 e. The minimum Gasteiger partial charge on any atom is -0.550 e. The molecule has 0 amide bonds. The Bertz CT molecular complexity index is 503. The van der Waals surface area contributed by atoms with Gasteiger partial charge in [-0.05, 0) is 32.9 Å². The number of carbonyl (C=O) groups is 2. The van der Waals surface area contributed by atoms with Crippen molar-refractivity contribution in [2.75, 3.05) is 26.1 Å². The van der Waals surface area contributed by atoms with E-state index in [0.717, 1.165) is 18.7 Å². The summed E-state index contributed by atoms with van der Waals surface area (Å²) in [6.07, 6.45) is 2.68. The molecular formula is C17H25O4P. The summed E-state index contributed by atoms with van der Waals surface area (Å²) >= 11 is 0. The monoisotopic (exact) mass is 324 g/mol. The van der Waals surface area contributed by atoms with E-state index in [4.69, 9.17) is 14.6 Å². The van der Waals surface area contributed by atoms with Crippen LogP contribution in [0.3, 0.4) is 0 Å². The summed E-state index contributed by atoms with van der Waals surface area (Å²) in [4.78, 5) is 20.7. The molecule has 1 rings (SSSR count). The van der Waals surface area contributed by atoms with E-state index in [9.17, 15) is 4.79 Å². The molecule has 0 spiro atoms. The van der Waals surface area contributed by atoms with Crippen molar-refractivity contribution < 1.29 is 19.4 Å². The van der Waals surface area contributed by atoms with E-state index in [0.29, 0.717) is 6.61 Å². The van der Waals surface area contributed by atoms with Gasteiger partial charge in [-0.1, -0.05) is 24.3 Å². The minimum atomic E-state index is -1.31. The van der Waals surface area contributed by atoms with Crippen LogP contribution < -0.4 is 10.4 Å². The zero-order valence-electron chi connectivity index (χ0n) is 14.0. The molecule has 0 aromatic heterocycles. The number of hydrogen-bond donors (Lipinski definition) is 0. The van der Waals surface area contributed by atoms with Gasteiger partial charge < -0.3 is 14.6 Å². The van der Waals surface area contributed by atoms with E-state index in [2.05, 4.69) is 37.6 Å². The SMILES string of the molecule is C/C=C(\C[P+](C)(C)c1ccccc1)C(=O)OCC.CC(=O)[O-]. The van der Waals surface area contributed by atoms with Gasteiger partial charge >= 0.3 is 5.97 Å². The Labute approximate surface area is 133 Å². The molecule has 0 N–H and O–H groups in total. The van der Waals surface area contributed by atoms with Crippen LogP contribution in [0.25, 0.3) is 0 Å². The second-order valence-corrected chi connectivity index (χ2v) is 9.41. The molecule has 5 heteroatoms. The van der Waals surface area contributed by atoms with E-state index < -0.39 is 13.2 Å². The highest BCUT2D eigenvalue weighted by molar-refractivity contribution is 7.81. The highest BCUT2D eigenvalue weighted by atomic mass is 31.2. The van der Waals surface area contributed by atoms with Gasteiger partial charge in [0.25, 0.3) is 0 Å². The van der Waals surface area contributed by atoms with Gasteiger partial charge in [-0.2, -0.15) is 0 Å². The van der Waals surface area contributed by atoms with Crippen molar-refractivity contribution in [3.63, 3.8) is 0 Å². The van der Waals surface area contributed by atoms with Crippen LogP contribution in [-0.4, -0.2) is 38.0 Å². The topological polar surface area (TPSA) is 66.4 Å². The third kappa shape index (κ3) is 7.94. The van der Waals surface area contributed by atoms with E-state index >= 15 is 0 Å². The predicted octanol–water partition coefficient (Wildman–Crippen LogP) is 1.85. The third-order valence-electron chi connectivity index (χ3n) is 2.91. The summed E-state index contributed by atoms with van der Waals surface area (Å²) in [5.41, 5.74) is 0.791. The van der Waals surface area contributed by atoms with Gasteiger partial charge in [0.1, 0.15) is 0 Å². The molecule has 1 aromatic carbocycles. The maximum atomic E-state index is 11.8. The number of esters is 1. The minimum absolute atomic E-state index is 0.177. The van der Waals surface area contributed by atoms with Gasteiger partial charge in [-0.25, -0.2) is 4.79 Å². The fraction of sp³-hybridized carbons (Fsp3) is 0.412. The van der Waals surface area contributed by atoms with Crippen LogP contribution in [0.5, 0.6) is 0 Å². The normalized spacial score (nSPS) is 11.2. The molecule has 22 heavy (non-hydrogen) atoms. The Balaban J connectivity index is 0.000000980. The first-order valence-corrected chi connectivity index (χ1v) is 10.00. The lowest BCUT2D eigenvalue weighted by atomic mass is 10.3. The van der Waals surface area contributed by atoms with Crippen molar-refractivity contribution in [1.29, 1.82) is 0 Å². The average molecular weight is 324 g/mol. The first-order chi connectivity index (χ1) is 10.2. The lowest BCUT2D eigenvalue weighted by molar-refractivity contribution is -0.302. The van der Waals surface area contributed by atoms with Crippen molar-refractivity contribution in [1.82, 2.24) is 0 Å². The molecule has 0 aliphatic rings. The standard InChI is InChI=1S/C15H22O2P.C2H4O2/c1-5-13(15(16)17-6-2)12-18(3,4)14-10-8-7-9-11-14;1-2(3)4/h5,7-11H,6,12H2,1-4H3;1H3,(H,3,4)/q+1;/p-1/b13-5+;. The number of allylic oxidation sites excluding steroid dienone is 1. The number of carbonyl (C=O) groups excluding carboxylic acids is 2. The summed E-state index contributed by atoms with van der Waals surface area (Å²) in [6.45, 7) is 9.65. The zero-order valence-corrected chi connectivity index (χ0v) is 14.9. The zero-order chi connectivity index (χ0) is 17.2. The molecule has 0 aliphatic heterocycles. The van der Waals surface area contributed by atoms with Gasteiger partial charge in [0, 0.05) is 13.2 Å². The second kappa shape index (κ2) is 10.1. The Morgan fingerprint density at radius 2 is 1.73 bits per heavy atom. The summed E-state index contributed by atoms with van der Waals surface area (Å²) in [7, 11) is -1.31. The number of benzene rings is 1. The second-order valence-electron chi connectivity index (χ2n) is 5.20. The molecule has 0 heterocycles. The Morgan fingerprint density at radius 1 is 1.23 bits per heavy atom. The van der Waals surface area contributed by atoms with Gasteiger partial charge in [-0.15, -0.1) is 0 Å². The van der Waals surface area contributed by atoms with Crippen LogP contribution in [0.15, 0.2) is 42.0 Å². The van der Waals surface area contributed by atoms with Crippen LogP contribution in [0, 0.1) is 0 Å². The van der Waals surface area contributed by atoms with Crippen LogP contribution in [0.4, 0.5) is 0 Å². The molecule has 0 aliphatic carbocycles. The quantitative estimate of drug-likeness (QED) is 0.471. The maximum absolute atomic E-state index is 11.8. The predicted molar refractivity (Wildman–Crippen MR) is 90.8 cm³/mol. The van der Waals surface area contributed by atoms with E-state index in [1.807, 2.05) is 26.0 Å². The molecule has 0 bridgehead atoms. The molecule has 0 fully saturated rings. The summed E-state index contributed by atoms with van der Waals surface area (Å²) < 4.78 is 5.09. The fourth-order valence-corrected chi connectivity index (χ4v) is 4.17. The Hall–Kier alpha value is -1.67. The summed E-state index contributed by atoms with van der Waals surface area (Å²) in [6, 6.07) is 10.4. The Morgan fingerprint density at radius 3 is 2.14 bits per heavy atom. The van der Waals surface area contributed by atoms with E-state index in [1.54, 1.807) is 0 Å². The van der Waals surface area contributed by atoms with Gasteiger partial charge in [0.15, 0.2) is 0 Å². The average Bonchev–Trinajstić information content (AvgIpc) is 2.45. The molecule has 0 saturated carbocycles. The van der Waals surface area contributed by atoms with Crippen molar-refractivity contribution in [3.8, 4) is 0 Å². The van der Waals surface area contributed by atoms with Crippen molar-refractivity contribution >= 4 is 24.5 Å². The van der Waals surface area contributed by atoms with Crippen molar-refractivity contribution in [3.05, 3.63) is 42.0 Å². The number of hydrogen-bond acceptors (Lipinski definition) is 4. The largest absolute Gasteiger partial charge is 0.550 e. The summed E-state index contributed by atoms with van der Waals surface area (Å²) in [5, 5.41) is 10.2. The van der Waals surface area contributed by atoms with Crippen LogP contribution in [0.1, 0.15) is 20.8 Å². The van der Waals surface area contributed by atoms with E-state index in [1.165, 1.54) is 5.30 Å². The molecule has 0 radical (unpaired) electrons.